The van der Waals surface area contributed by atoms with Gasteiger partial charge in [0.2, 0.25) is 11.7 Å². The van der Waals surface area contributed by atoms with Gasteiger partial charge in [-0.2, -0.15) is 0 Å². The zero-order chi connectivity index (χ0) is 18.1. The van der Waals surface area contributed by atoms with Crippen LogP contribution < -0.4 is 14.8 Å². The van der Waals surface area contributed by atoms with Crippen LogP contribution in [0.5, 0.6) is 23.0 Å². The summed E-state index contributed by atoms with van der Waals surface area (Å²) in [7, 11) is 0. The van der Waals surface area contributed by atoms with Crippen molar-refractivity contribution in [1.29, 1.82) is 0 Å². The number of benzene rings is 2. The van der Waals surface area contributed by atoms with Crippen LogP contribution in [0, 0.1) is 5.82 Å². The minimum absolute atomic E-state index is 0.0121. The highest BCUT2D eigenvalue weighted by Crippen LogP contribution is 2.51. The maximum Gasteiger partial charge on any atom is 0.217 e. The second-order valence-electron chi connectivity index (χ2n) is 5.53. The number of phenols is 2. The van der Waals surface area contributed by atoms with Gasteiger partial charge in [0.25, 0.3) is 0 Å². The Bertz CT molecular complexity index is 822. The van der Waals surface area contributed by atoms with Gasteiger partial charge in [-0.15, -0.1) is 0 Å². The number of aromatic hydroxyl groups is 2. The van der Waals surface area contributed by atoms with E-state index in [1.165, 1.54) is 19.1 Å². The first-order chi connectivity index (χ1) is 11.9. The number of nitrogens with one attached hydrogen (secondary N) is 1. The molecule has 132 valence electrons. The topological polar surface area (TPSA) is 88.0 Å². The molecule has 0 aliphatic carbocycles. The Labute approximate surface area is 147 Å². The van der Waals surface area contributed by atoms with Gasteiger partial charge < -0.3 is 25.0 Å². The molecule has 25 heavy (non-hydrogen) atoms. The molecule has 0 fully saturated rings. The Morgan fingerprint density at radius 1 is 1.40 bits per heavy atom. The van der Waals surface area contributed by atoms with Crippen LogP contribution in [-0.4, -0.2) is 35.4 Å². The van der Waals surface area contributed by atoms with Gasteiger partial charge in [-0.3, -0.25) is 4.79 Å². The smallest absolute Gasteiger partial charge is 0.217 e. The molecular formula is C17H15ClFNO5. The molecule has 0 saturated heterocycles. The number of hydrogen-bond donors (Lipinski definition) is 3. The van der Waals surface area contributed by atoms with E-state index in [-0.39, 0.29) is 52.5 Å². The van der Waals surface area contributed by atoms with E-state index >= 15 is 0 Å². The fourth-order valence-electron chi connectivity index (χ4n) is 2.55. The molecule has 3 rings (SSSR count). The lowest BCUT2D eigenvalue weighted by atomic mass is 10.0. The highest BCUT2D eigenvalue weighted by Gasteiger charge is 2.30. The molecule has 0 aromatic heterocycles. The van der Waals surface area contributed by atoms with E-state index in [2.05, 4.69) is 5.32 Å². The summed E-state index contributed by atoms with van der Waals surface area (Å²) in [5.41, 5.74) is 0.295. The Balaban J connectivity index is 2.09. The third-order valence-corrected chi connectivity index (χ3v) is 4.02. The van der Waals surface area contributed by atoms with Crippen molar-refractivity contribution >= 4 is 17.5 Å². The van der Waals surface area contributed by atoms with Crippen LogP contribution in [0.15, 0.2) is 24.3 Å². The van der Waals surface area contributed by atoms with Gasteiger partial charge in [-0.25, -0.2) is 4.39 Å². The summed E-state index contributed by atoms with van der Waals surface area (Å²) in [5, 5.41) is 22.8. The number of fused-ring (bicyclic) bond motifs is 1. The van der Waals surface area contributed by atoms with E-state index in [0.29, 0.717) is 0 Å². The van der Waals surface area contributed by atoms with E-state index < -0.39 is 17.7 Å². The van der Waals surface area contributed by atoms with Crippen molar-refractivity contribution in [3.8, 4) is 34.1 Å². The Morgan fingerprint density at radius 3 is 2.84 bits per heavy atom. The van der Waals surface area contributed by atoms with Crippen molar-refractivity contribution < 1.29 is 28.9 Å². The van der Waals surface area contributed by atoms with Crippen molar-refractivity contribution in [3.63, 3.8) is 0 Å². The molecule has 1 aliphatic rings. The van der Waals surface area contributed by atoms with Crippen molar-refractivity contribution in [2.45, 2.75) is 13.0 Å². The summed E-state index contributed by atoms with van der Waals surface area (Å²) < 4.78 is 25.3. The molecule has 0 unspecified atom stereocenters. The van der Waals surface area contributed by atoms with Crippen LogP contribution in [0.3, 0.4) is 0 Å². The summed E-state index contributed by atoms with van der Waals surface area (Å²) >= 11 is 6.14. The lowest BCUT2D eigenvalue weighted by molar-refractivity contribution is -0.119. The third-order valence-electron chi connectivity index (χ3n) is 3.70. The summed E-state index contributed by atoms with van der Waals surface area (Å²) in [6, 6.07) is 5.49. The molecule has 1 aliphatic heterocycles. The normalized spacial score (nSPS) is 15.7. The van der Waals surface area contributed by atoms with E-state index in [0.717, 1.165) is 6.07 Å². The van der Waals surface area contributed by atoms with Gasteiger partial charge >= 0.3 is 0 Å². The second-order valence-corrected chi connectivity index (χ2v) is 5.94. The standard InChI is InChI=1S/C17H15ClFNO5/c1-8(21)20-6-9-7-24-17-15(23)12(19)5-10(16(17)25-9)14-11(18)3-2-4-13(14)22/h2-5,9,22-23H,6-7H2,1H3,(H,20,21)/t9-/m0/s1. The van der Waals surface area contributed by atoms with Gasteiger partial charge in [0.05, 0.1) is 11.6 Å². The van der Waals surface area contributed by atoms with Gasteiger partial charge in [0.15, 0.2) is 17.3 Å². The van der Waals surface area contributed by atoms with E-state index in [9.17, 15) is 19.4 Å². The van der Waals surface area contributed by atoms with E-state index in [4.69, 9.17) is 21.1 Å². The molecule has 0 radical (unpaired) electrons. The van der Waals surface area contributed by atoms with Crippen molar-refractivity contribution in [2.24, 2.45) is 0 Å². The van der Waals surface area contributed by atoms with Crippen molar-refractivity contribution in [3.05, 3.63) is 35.1 Å². The number of hydrogen-bond acceptors (Lipinski definition) is 5. The maximum absolute atomic E-state index is 14.1. The van der Waals surface area contributed by atoms with Gasteiger partial charge in [-0.1, -0.05) is 17.7 Å². The summed E-state index contributed by atoms with van der Waals surface area (Å²) in [6.45, 7) is 1.55. The molecule has 0 saturated carbocycles. The first-order valence-electron chi connectivity index (χ1n) is 7.45. The first-order valence-corrected chi connectivity index (χ1v) is 7.83. The average molecular weight is 368 g/mol. The largest absolute Gasteiger partial charge is 0.507 e. The molecule has 2 aromatic carbocycles. The number of amides is 1. The second kappa shape index (κ2) is 6.68. The molecule has 2 aromatic rings. The van der Waals surface area contributed by atoms with Crippen LogP contribution in [0.25, 0.3) is 11.1 Å². The molecule has 0 spiro atoms. The number of carbonyl (C=O) groups is 1. The van der Waals surface area contributed by atoms with Crippen molar-refractivity contribution in [1.82, 2.24) is 5.32 Å². The zero-order valence-electron chi connectivity index (χ0n) is 13.2. The molecule has 1 amide bonds. The van der Waals surface area contributed by atoms with Crippen LogP contribution >= 0.6 is 11.6 Å². The maximum atomic E-state index is 14.1. The number of halogens is 2. The lowest BCUT2D eigenvalue weighted by Gasteiger charge is -2.29. The Morgan fingerprint density at radius 2 is 2.16 bits per heavy atom. The van der Waals surface area contributed by atoms with Crippen LogP contribution in [0.2, 0.25) is 5.02 Å². The minimum Gasteiger partial charge on any atom is -0.507 e. The fourth-order valence-corrected chi connectivity index (χ4v) is 2.82. The molecule has 1 atom stereocenters. The predicted octanol–water partition coefficient (Wildman–Crippen LogP) is 2.83. The molecule has 1 heterocycles. The molecule has 6 nitrogen and oxygen atoms in total. The third kappa shape index (κ3) is 3.28. The quantitative estimate of drug-likeness (QED) is 0.776. The number of phenolic OH excluding ortho intramolecular Hbond substituents is 2. The summed E-state index contributed by atoms with van der Waals surface area (Å²) in [4.78, 5) is 11.1. The Kier molecular flexibility index (Phi) is 4.59. The molecular weight excluding hydrogens is 353 g/mol. The van der Waals surface area contributed by atoms with E-state index in [1.54, 1.807) is 6.07 Å². The number of rotatable bonds is 3. The van der Waals surface area contributed by atoms with Crippen LogP contribution in [-0.2, 0) is 4.79 Å². The van der Waals surface area contributed by atoms with Crippen molar-refractivity contribution in [2.75, 3.05) is 13.2 Å². The Hall–Kier alpha value is -2.67. The van der Waals surface area contributed by atoms with Gasteiger partial charge in [0.1, 0.15) is 18.5 Å². The average Bonchev–Trinajstić information content (AvgIpc) is 2.57. The van der Waals surface area contributed by atoms with Crippen LogP contribution in [0.4, 0.5) is 4.39 Å². The monoisotopic (exact) mass is 367 g/mol. The lowest BCUT2D eigenvalue weighted by Crippen LogP contribution is -2.40. The number of ether oxygens (including phenoxy) is 2. The zero-order valence-corrected chi connectivity index (χ0v) is 13.9. The van der Waals surface area contributed by atoms with Gasteiger partial charge in [0, 0.05) is 18.1 Å². The summed E-state index contributed by atoms with van der Waals surface area (Å²) in [5.74, 6) is -2.16. The van der Waals surface area contributed by atoms with E-state index in [1.807, 2.05) is 0 Å². The first kappa shape index (κ1) is 17.2. The fraction of sp³-hybridized carbons (Fsp3) is 0.235. The van der Waals surface area contributed by atoms with Gasteiger partial charge in [-0.05, 0) is 18.2 Å². The van der Waals surface area contributed by atoms with Crippen LogP contribution in [0.1, 0.15) is 6.92 Å². The highest BCUT2D eigenvalue weighted by molar-refractivity contribution is 6.33. The summed E-state index contributed by atoms with van der Waals surface area (Å²) in [6.07, 6.45) is -0.551. The molecule has 8 heteroatoms. The molecule has 3 N–H and O–H groups in total. The predicted molar refractivity (Wildman–Crippen MR) is 88.8 cm³/mol. The molecule has 0 bridgehead atoms. The minimum atomic E-state index is -0.933. The highest BCUT2D eigenvalue weighted by atomic mass is 35.5. The number of carbonyl (C=O) groups excluding carboxylic acids is 1. The SMILES string of the molecule is CC(=O)NC[C@H]1COc2c(O)c(F)cc(-c3c(O)cccc3Cl)c2O1.